The molecule has 0 spiro atoms. The number of carbonyl (C=O) groups excluding carboxylic acids is 1. The largest absolute Gasteiger partial charge is 0.324 e. The van der Waals surface area contributed by atoms with Gasteiger partial charge < -0.3 is 9.80 Å². The number of carbonyl (C=O) groups is 1. The number of nitrogens with one attached hydrogen (secondary N) is 1. The lowest BCUT2D eigenvalue weighted by atomic mass is 10.0. The molecule has 1 fully saturated rings. The normalized spacial score (nSPS) is 20.4. The zero-order chi connectivity index (χ0) is 12.3. The third-order valence-electron chi connectivity index (χ3n) is 3.11. The van der Waals surface area contributed by atoms with Crippen LogP contribution >= 0.6 is 0 Å². The van der Waals surface area contributed by atoms with Gasteiger partial charge in [0, 0.05) is 20.1 Å². The summed E-state index contributed by atoms with van der Waals surface area (Å²) in [5, 5.41) is 6.53. The van der Waals surface area contributed by atoms with Crippen LogP contribution in [0.3, 0.4) is 0 Å². The Hall–Kier alpha value is -1.59. The summed E-state index contributed by atoms with van der Waals surface area (Å²) in [4.78, 5) is 19.8. The molecule has 0 bridgehead atoms. The smallest absolute Gasteiger partial charge is 0.320 e. The maximum Gasteiger partial charge on any atom is 0.320 e. The number of aromatic nitrogens is 3. The van der Waals surface area contributed by atoms with Crippen LogP contribution in [0, 0.1) is 5.92 Å². The summed E-state index contributed by atoms with van der Waals surface area (Å²) < 4.78 is 0. The molecule has 2 rings (SSSR count). The van der Waals surface area contributed by atoms with Crippen molar-refractivity contribution in [2.24, 2.45) is 5.92 Å². The molecule has 1 saturated heterocycles. The molecule has 1 unspecified atom stereocenters. The number of nitrogens with zero attached hydrogens (tertiary/aromatic N) is 4. The van der Waals surface area contributed by atoms with Crippen molar-refractivity contribution in [1.29, 1.82) is 0 Å². The number of hydrogen-bond acceptors (Lipinski definition) is 3. The zero-order valence-corrected chi connectivity index (χ0v) is 10.4. The Morgan fingerprint density at radius 1 is 1.71 bits per heavy atom. The van der Waals surface area contributed by atoms with Crippen LogP contribution in [0.15, 0.2) is 6.33 Å². The molecule has 1 atom stereocenters. The van der Waals surface area contributed by atoms with Gasteiger partial charge in [0.25, 0.3) is 0 Å². The molecule has 2 heterocycles. The number of hydrogen-bond donors (Lipinski definition) is 1. The highest BCUT2D eigenvalue weighted by Gasteiger charge is 2.23. The monoisotopic (exact) mass is 237 g/mol. The number of urea groups is 1. The topological polar surface area (TPSA) is 65.1 Å². The second kappa shape index (κ2) is 5.16. The van der Waals surface area contributed by atoms with Crippen molar-refractivity contribution in [3.8, 4) is 0 Å². The average molecular weight is 237 g/mol. The van der Waals surface area contributed by atoms with Crippen molar-refractivity contribution >= 4 is 6.03 Å². The van der Waals surface area contributed by atoms with Gasteiger partial charge in [0.2, 0.25) is 0 Å². The van der Waals surface area contributed by atoms with Gasteiger partial charge in [0.15, 0.2) is 0 Å². The second-order valence-electron chi connectivity index (χ2n) is 4.76. The SMILES string of the molecule is CC1CCCN(C(=O)N(C)Cc2ncn[nH]2)C1. The lowest BCUT2D eigenvalue weighted by Gasteiger charge is -2.33. The van der Waals surface area contributed by atoms with E-state index in [0.29, 0.717) is 18.3 Å². The average Bonchev–Trinajstić information content (AvgIpc) is 2.80. The van der Waals surface area contributed by atoms with E-state index >= 15 is 0 Å². The van der Waals surface area contributed by atoms with Crippen LogP contribution in [-0.4, -0.2) is 51.1 Å². The first-order valence-electron chi connectivity index (χ1n) is 6.01. The van der Waals surface area contributed by atoms with Crippen LogP contribution in [0.5, 0.6) is 0 Å². The van der Waals surface area contributed by atoms with Gasteiger partial charge in [-0.05, 0) is 18.8 Å². The van der Waals surface area contributed by atoms with Crippen molar-refractivity contribution in [2.75, 3.05) is 20.1 Å². The van der Waals surface area contributed by atoms with E-state index in [0.717, 1.165) is 19.5 Å². The van der Waals surface area contributed by atoms with Crippen molar-refractivity contribution < 1.29 is 4.79 Å². The molecule has 1 aliphatic rings. The molecule has 2 amide bonds. The van der Waals surface area contributed by atoms with Gasteiger partial charge in [-0.3, -0.25) is 5.10 Å². The van der Waals surface area contributed by atoms with Gasteiger partial charge in [0.1, 0.15) is 12.2 Å². The standard InChI is InChI=1S/C11H19N5O/c1-9-4-3-5-16(6-9)11(17)15(2)7-10-12-8-13-14-10/h8-9H,3-7H2,1-2H3,(H,12,13,14). The van der Waals surface area contributed by atoms with E-state index in [4.69, 9.17) is 0 Å². The van der Waals surface area contributed by atoms with E-state index in [1.807, 2.05) is 4.90 Å². The number of H-pyrrole nitrogens is 1. The summed E-state index contributed by atoms with van der Waals surface area (Å²) in [6, 6.07) is 0.0768. The van der Waals surface area contributed by atoms with Crippen LogP contribution in [0.1, 0.15) is 25.6 Å². The fourth-order valence-corrected chi connectivity index (χ4v) is 2.20. The van der Waals surface area contributed by atoms with E-state index in [9.17, 15) is 4.79 Å². The highest BCUT2D eigenvalue weighted by Crippen LogP contribution is 2.16. The molecule has 94 valence electrons. The minimum absolute atomic E-state index is 0.0768. The molecule has 1 aromatic heterocycles. The summed E-state index contributed by atoms with van der Waals surface area (Å²) in [5.74, 6) is 1.32. The van der Waals surface area contributed by atoms with Gasteiger partial charge in [-0.2, -0.15) is 5.10 Å². The van der Waals surface area contributed by atoms with E-state index in [1.165, 1.54) is 12.7 Å². The summed E-state index contributed by atoms with van der Waals surface area (Å²) in [6.45, 7) is 4.39. The second-order valence-corrected chi connectivity index (χ2v) is 4.76. The number of rotatable bonds is 2. The maximum absolute atomic E-state index is 12.2. The Bertz CT molecular complexity index is 364. The number of aromatic amines is 1. The van der Waals surface area contributed by atoms with Crippen molar-refractivity contribution in [3.63, 3.8) is 0 Å². The molecule has 1 aliphatic heterocycles. The highest BCUT2D eigenvalue weighted by molar-refractivity contribution is 5.74. The van der Waals surface area contributed by atoms with Gasteiger partial charge in [-0.15, -0.1) is 0 Å². The molecule has 0 saturated carbocycles. The molecule has 0 radical (unpaired) electrons. The first kappa shape index (κ1) is 11.9. The Morgan fingerprint density at radius 3 is 3.18 bits per heavy atom. The van der Waals surface area contributed by atoms with E-state index in [2.05, 4.69) is 22.1 Å². The van der Waals surface area contributed by atoms with E-state index in [-0.39, 0.29) is 6.03 Å². The summed E-state index contributed by atoms with van der Waals surface area (Å²) in [5.41, 5.74) is 0. The molecule has 6 nitrogen and oxygen atoms in total. The van der Waals surface area contributed by atoms with Crippen LogP contribution in [-0.2, 0) is 6.54 Å². The van der Waals surface area contributed by atoms with Gasteiger partial charge >= 0.3 is 6.03 Å². The van der Waals surface area contributed by atoms with Gasteiger partial charge in [0.05, 0.1) is 6.54 Å². The van der Waals surface area contributed by atoms with E-state index in [1.54, 1.807) is 11.9 Å². The lowest BCUT2D eigenvalue weighted by Crippen LogP contribution is -2.45. The molecular formula is C11H19N5O. The lowest BCUT2D eigenvalue weighted by molar-refractivity contribution is 0.137. The number of piperidine rings is 1. The maximum atomic E-state index is 12.2. The van der Waals surface area contributed by atoms with Gasteiger partial charge in [-0.25, -0.2) is 9.78 Å². The van der Waals surface area contributed by atoms with Crippen molar-refractivity contribution in [1.82, 2.24) is 25.0 Å². The Morgan fingerprint density at radius 2 is 2.53 bits per heavy atom. The highest BCUT2D eigenvalue weighted by atomic mass is 16.2. The van der Waals surface area contributed by atoms with Crippen LogP contribution in [0.4, 0.5) is 4.79 Å². The van der Waals surface area contributed by atoms with E-state index < -0.39 is 0 Å². The Balaban J connectivity index is 1.90. The van der Waals surface area contributed by atoms with Crippen molar-refractivity contribution in [2.45, 2.75) is 26.3 Å². The quantitative estimate of drug-likeness (QED) is 0.837. The number of likely N-dealkylation sites (tertiary alicyclic amines) is 1. The first-order valence-corrected chi connectivity index (χ1v) is 6.01. The Labute approximate surface area is 101 Å². The molecule has 17 heavy (non-hydrogen) atoms. The fraction of sp³-hybridized carbons (Fsp3) is 0.727. The Kier molecular flexibility index (Phi) is 3.61. The van der Waals surface area contributed by atoms with Crippen LogP contribution in [0.2, 0.25) is 0 Å². The zero-order valence-electron chi connectivity index (χ0n) is 10.4. The third-order valence-corrected chi connectivity index (χ3v) is 3.11. The predicted molar refractivity (Wildman–Crippen MR) is 63.2 cm³/mol. The molecule has 1 aromatic rings. The minimum atomic E-state index is 0.0768. The molecular weight excluding hydrogens is 218 g/mol. The fourth-order valence-electron chi connectivity index (χ4n) is 2.20. The van der Waals surface area contributed by atoms with Crippen LogP contribution < -0.4 is 0 Å². The molecule has 0 aromatic carbocycles. The van der Waals surface area contributed by atoms with Crippen LogP contribution in [0.25, 0.3) is 0 Å². The summed E-state index contributed by atoms with van der Waals surface area (Å²) in [6.07, 6.45) is 3.77. The minimum Gasteiger partial charge on any atom is -0.324 e. The predicted octanol–water partition coefficient (Wildman–Crippen LogP) is 1.09. The van der Waals surface area contributed by atoms with Gasteiger partial charge in [-0.1, -0.05) is 6.92 Å². The molecule has 1 N–H and O–H groups in total. The van der Waals surface area contributed by atoms with Crippen molar-refractivity contribution in [3.05, 3.63) is 12.2 Å². The first-order chi connectivity index (χ1) is 8.16. The summed E-state index contributed by atoms with van der Waals surface area (Å²) in [7, 11) is 1.80. The number of amides is 2. The third kappa shape index (κ3) is 2.95. The molecule has 0 aliphatic carbocycles. The molecule has 6 heteroatoms. The summed E-state index contributed by atoms with van der Waals surface area (Å²) >= 11 is 0.